The van der Waals surface area contributed by atoms with Gasteiger partial charge in [-0.2, -0.15) is 0 Å². The fourth-order valence-electron chi connectivity index (χ4n) is 3.94. The predicted octanol–water partition coefficient (Wildman–Crippen LogP) is 2.62. The van der Waals surface area contributed by atoms with Gasteiger partial charge < -0.3 is 16.0 Å². The molecule has 2 aliphatic heterocycles. The summed E-state index contributed by atoms with van der Waals surface area (Å²) in [7, 11) is 0. The summed E-state index contributed by atoms with van der Waals surface area (Å²) in [6.07, 6.45) is 8.52. The quantitative estimate of drug-likeness (QED) is 0.685. The van der Waals surface area contributed by atoms with E-state index in [1.165, 1.54) is 31.5 Å². The molecule has 9 nitrogen and oxygen atoms in total. The smallest absolute Gasteiger partial charge is 0.267 e. The Kier molecular flexibility index (Phi) is 4.62. The van der Waals surface area contributed by atoms with E-state index in [2.05, 4.69) is 30.2 Å². The fourth-order valence-corrected chi connectivity index (χ4v) is 3.94. The topological polar surface area (TPSA) is 113 Å². The van der Waals surface area contributed by atoms with Gasteiger partial charge in [-0.3, -0.25) is 9.69 Å². The molecular formula is C21H22N8O. The highest BCUT2D eigenvalue weighted by Crippen LogP contribution is 2.44. The van der Waals surface area contributed by atoms with Crippen LogP contribution in [0.5, 0.6) is 0 Å². The van der Waals surface area contributed by atoms with Gasteiger partial charge in [-0.25, -0.2) is 19.9 Å². The van der Waals surface area contributed by atoms with E-state index < -0.39 is 5.91 Å². The van der Waals surface area contributed by atoms with Crippen molar-refractivity contribution in [2.24, 2.45) is 5.73 Å². The summed E-state index contributed by atoms with van der Waals surface area (Å²) in [6, 6.07) is 9.38. The highest BCUT2D eigenvalue weighted by molar-refractivity contribution is 5.91. The number of nitrogens with two attached hydrogens (primary N) is 1. The molecule has 3 N–H and O–H groups in total. The molecule has 0 bridgehead atoms. The Morgan fingerprint density at radius 1 is 1.00 bits per heavy atom. The highest BCUT2D eigenvalue weighted by atomic mass is 16.1. The maximum atomic E-state index is 11.6. The minimum absolute atomic E-state index is 0.167. The minimum atomic E-state index is -0.593. The number of primary amides is 1. The van der Waals surface area contributed by atoms with Crippen LogP contribution in [0, 0.1) is 0 Å². The van der Waals surface area contributed by atoms with Gasteiger partial charge in [-0.1, -0.05) is 12.1 Å². The molecule has 0 radical (unpaired) electrons. The van der Waals surface area contributed by atoms with Crippen LogP contribution in [-0.2, 0) is 0 Å². The van der Waals surface area contributed by atoms with Crippen LogP contribution in [0.25, 0.3) is 0 Å². The van der Waals surface area contributed by atoms with Gasteiger partial charge in [-0.05, 0) is 37.5 Å². The Labute approximate surface area is 174 Å². The maximum absolute atomic E-state index is 11.6. The highest BCUT2D eigenvalue weighted by Gasteiger charge is 2.33. The standard InChI is InChI=1S/C21H22N8O/c22-18(30)16-8-9-23-21(27-16)29-17-7-3-2-6-15(17)26-19(29)14-12-24-20(25-13-14)28-10-4-1-5-11-28/h2-3,6-9,12-13,19,26H,1,4-5,10-11H2,(H2,22,30). The normalized spacial score (nSPS) is 18.1. The summed E-state index contributed by atoms with van der Waals surface area (Å²) in [4.78, 5) is 33.8. The lowest BCUT2D eigenvalue weighted by atomic mass is 10.1. The zero-order valence-corrected chi connectivity index (χ0v) is 16.4. The first-order valence-electron chi connectivity index (χ1n) is 10.1. The SMILES string of the molecule is NC(=O)c1ccnc(N2c3ccccc3NC2c2cnc(N3CCCCC3)nc2)n1. The van der Waals surface area contributed by atoms with Crippen LogP contribution in [-0.4, -0.2) is 38.9 Å². The summed E-state index contributed by atoms with van der Waals surface area (Å²) in [5, 5.41) is 3.48. The lowest BCUT2D eigenvalue weighted by Crippen LogP contribution is -2.31. The predicted molar refractivity (Wildman–Crippen MR) is 114 cm³/mol. The van der Waals surface area contributed by atoms with Crippen LogP contribution in [0.4, 0.5) is 23.3 Å². The molecule has 1 amide bonds. The van der Waals surface area contributed by atoms with Gasteiger partial charge in [0.1, 0.15) is 11.9 Å². The van der Waals surface area contributed by atoms with E-state index in [1.54, 1.807) is 0 Å². The van der Waals surface area contributed by atoms with Crippen molar-refractivity contribution in [3.05, 3.63) is 60.2 Å². The van der Waals surface area contributed by atoms with Gasteiger partial charge in [0.2, 0.25) is 11.9 Å². The molecule has 4 heterocycles. The van der Waals surface area contributed by atoms with Crippen LogP contribution < -0.4 is 20.9 Å². The Morgan fingerprint density at radius 2 is 1.77 bits per heavy atom. The Bertz CT molecular complexity index is 1060. The number of hydrogen-bond acceptors (Lipinski definition) is 8. The lowest BCUT2D eigenvalue weighted by molar-refractivity contribution is 0.0995. The molecule has 1 fully saturated rings. The van der Waals surface area contributed by atoms with Crippen molar-refractivity contribution in [3.63, 3.8) is 0 Å². The van der Waals surface area contributed by atoms with E-state index in [0.29, 0.717) is 5.95 Å². The third-order valence-corrected chi connectivity index (χ3v) is 5.44. The second kappa shape index (κ2) is 7.58. The number of aromatic nitrogens is 4. The van der Waals surface area contributed by atoms with Gasteiger partial charge >= 0.3 is 0 Å². The number of carbonyl (C=O) groups excluding carboxylic acids is 1. The average molecular weight is 402 g/mol. The first-order valence-corrected chi connectivity index (χ1v) is 10.1. The molecule has 2 aliphatic rings. The lowest BCUT2D eigenvalue weighted by Gasteiger charge is -2.28. The first kappa shape index (κ1) is 18.3. The molecule has 9 heteroatoms. The number of rotatable bonds is 4. The monoisotopic (exact) mass is 402 g/mol. The molecule has 5 rings (SSSR count). The van der Waals surface area contributed by atoms with Crippen LogP contribution in [0.2, 0.25) is 0 Å². The Hall–Kier alpha value is -3.75. The van der Waals surface area contributed by atoms with Gasteiger partial charge in [-0.15, -0.1) is 0 Å². The molecular weight excluding hydrogens is 380 g/mol. The Balaban J connectivity index is 1.50. The number of anilines is 4. The minimum Gasteiger partial charge on any atom is -0.364 e. The molecule has 0 spiro atoms. The Morgan fingerprint density at radius 3 is 2.53 bits per heavy atom. The fraction of sp³-hybridized carbons (Fsp3) is 0.286. The molecule has 2 aromatic heterocycles. The molecule has 30 heavy (non-hydrogen) atoms. The van der Waals surface area contributed by atoms with E-state index in [4.69, 9.17) is 5.73 Å². The number of para-hydroxylation sites is 2. The second-order valence-corrected chi connectivity index (χ2v) is 7.40. The summed E-state index contributed by atoms with van der Waals surface area (Å²) < 4.78 is 0. The van der Waals surface area contributed by atoms with Crippen molar-refractivity contribution in [2.75, 3.05) is 28.2 Å². The number of carbonyl (C=O) groups is 1. The molecule has 152 valence electrons. The zero-order valence-electron chi connectivity index (χ0n) is 16.4. The van der Waals surface area contributed by atoms with Crippen LogP contribution >= 0.6 is 0 Å². The van der Waals surface area contributed by atoms with E-state index in [0.717, 1.165) is 36.0 Å². The van der Waals surface area contributed by atoms with Crippen LogP contribution in [0.3, 0.4) is 0 Å². The van der Waals surface area contributed by atoms with Crippen molar-refractivity contribution in [1.82, 2.24) is 19.9 Å². The number of fused-ring (bicyclic) bond motifs is 1. The van der Waals surface area contributed by atoms with Crippen LogP contribution in [0.15, 0.2) is 48.9 Å². The van der Waals surface area contributed by atoms with Crippen molar-refractivity contribution < 1.29 is 4.79 Å². The second-order valence-electron chi connectivity index (χ2n) is 7.40. The number of hydrogen-bond donors (Lipinski definition) is 2. The summed E-state index contributed by atoms with van der Waals surface area (Å²) in [5.41, 5.74) is 8.31. The summed E-state index contributed by atoms with van der Waals surface area (Å²) in [6.45, 7) is 1.98. The molecule has 1 unspecified atom stereocenters. The van der Waals surface area contributed by atoms with E-state index in [9.17, 15) is 4.79 Å². The van der Waals surface area contributed by atoms with Crippen molar-refractivity contribution in [2.45, 2.75) is 25.4 Å². The number of benzene rings is 1. The molecule has 3 aromatic rings. The molecule has 1 saturated heterocycles. The molecule has 1 aromatic carbocycles. The van der Waals surface area contributed by atoms with E-state index >= 15 is 0 Å². The third kappa shape index (κ3) is 3.28. The maximum Gasteiger partial charge on any atom is 0.267 e. The number of nitrogens with one attached hydrogen (secondary N) is 1. The molecule has 0 saturated carbocycles. The number of piperidine rings is 1. The zero-order chi connectivity index (χ0) is 20.5. The van der Waals surface area contributed by atoms with Crippen molar-refractivity contribution in [1.29, 1.82) is 0 Å². The van der Waals surface area contributed by atoms with Gasteiger partial charge in [0.15, 0.2) is 0 Å². The van der Waals surface area contributed by atoms with E-state index in [1.807, 2.05) is 41.6 Å². The molecule has 0 aliphatic carbocycles. The molecule has 1 atom stereocenters. The van der Waals surface area contributed by atoms with Crippen molar-refractivity contribution in [3.8, 4) is 0 Å². The number of nitrogens with zero attached hydrogens (tertiary/aromatic N) is 6. The van der Waals surface area contributed by atoms with Gasteiger partial charge in [0, 0.05) is 37.2 Å². The van der Waals surface area contributed by atoms with Crippen molar-refractivity contribution >= 4 is 29.2 Å². The first-order chi connectivity index (χ1) is 14.7. The summed E-state index contributed by atoms with van der Waals surface area (Å²) >= 11 is 0. The third-order valence-electron chi connectivity index (χ3n) is 5.44. The van der Waals surface area contributed by atoms with Crippen LogP contribution in [0.1, 0.15) is 41.5 Å². The average Bonchev–Trinajstić information content (AvgIpc) is 3.19. The number of amides is 1. The van der Waals surface area contributed by atoms with Gasteiger partial charge in [0.05, 0.1) is 11.4 Å². The largest absolute Gasteiger partial charge is 0.364 e. The van der Waals surface area contributed by atoms with E-state index in [-0.39, 0.29) is 11.9 Å². The summed E-state index contributed by atoms with van der Waals surface area (Å²) in [5.74, 6) is 0.547. The van der Waals surface area contributed by atoms with Gasteiger partial charge in [0.25, 0.3) is 5.91 Å².